The first kappa shape index (κ1) is 33.2. The first-order chi connectivity index (χ1) is 21.1. The zero-order chi connectivity index (χ0) is 32.6. The van der Waals surface area contributed by atoms with Crippen molar-refractivity contribution in [1.29, 1.82) is 0 Å². The van der Waals surface area contributed by atoms with Crippen LogP contribution in [0.4, 0.5) is 5.82 Å². The van der Waals surface area contributed by atoms with Crippen LogP contribution in [0.25, 0.3) is 5.82 Å². The Morgan fingerprint density at radius 1 is 1.04 bits per heavy atom. The van der Waals surface area contributed by atoms with E-state index in [0.29, 0.717) is 52.8 Å². The molecule has 2 fully saturated rings. The number of halogens is 1. The van der Waals surface area contributed by atoms with Crippen LogP contribution in [-0.4, -0.2) is 47.2 Å². The van der Waals surface area contributed by atoms with E-state index in [1.54, 1.807) is 24.4 Å². The molecule has 0 bridgehead atoms. The number of hydrogen-bond acceptors (Lipinski definition) is 8. The van der Waals surface area contributed by atoms with Crippen molar-refractivity contribution in [3.8, 4) is 11.7 Å². The molecule has 45 heavy (non-hydrogen) atoms. The number of amides is 1. The summed E-state index contributed by atoms with van der Waals surface area (Å²) in [5.41, 5.74) is 0.937. The lowest BCUT2D eigenvalue weighted by atomic mass is 9.89. The number of sulfonamides is 1. The fourth-order valence-corrected chi connectivity index (χ4v) is 8.07. The quantitative estimate of drug-likeness (QED) is 0.150. The van der Waals surface area contributed by atoms with Crippen LogP contribution in [0.2, 0.25) is 5.15 Å². The van der Waals surface area contributed by atoms with E-state index in [-0.39, 0.29) is 15.7 Å². The second-order valence-corrected chi connectivity index (χ2v) is 16.4. The van der Waals surface area contributed by atoms with E-state index in [9.17, 15) is 13.2 Å². The third kappa shape index (κ3) is 7.46. The Bertz CT molecular complexity index is 1640. The average molecular weight is 657 g/mol. The van der Waals surface area contributed by atoms with Crippen LogP contribution in [0.5, 0.6) is 5.88 Å². The topological polar surface area (TPSA) is 128 Å². The van der Waals surface area contributed by atoms with Crippen molar-refractivity contribution in [3.05, 3.63) is 53.3 Å². The fraction of sp³-hybridized carbons (Fsp3) is 0.576. The lowest BCUT2D eigenvalue weighted by Gasteiger charge is -2.17. The summed E-state index contributed by atoms with van der Waals surface area (Å²) >= 11 is 6.33. The van der Waals surface area contributed by atoms with Gasteiger partial charge in [0.05, 0.1) is 12.2 Å². The lowest BCUT2D eigenvalue weighted by Crippen LogP contribution is -2.31. The third-order valence-corrected chi connectivity index (χ3v) is 11.8. The number of nitrogens with zero attached hydrogens (tertiary/aromatic N) is 4. The number of anilines is 1. The molecule has 2 aliphatic carbocycles. The van der Waals surface area contributed by atoms with Crippen molar-refractivity contribution in [2.45, 2.75) is 85.1 Å². The molecule has 0 unspecified atom stereocenters. The van der Waals surface area contributed by atoms with E-state index < -0.39 is 15.9 Å². The molecule has 3 aromatic heterocycles. The van der Waals surface area contributed by atoms with Gasteiger partial charge in [0.15, 0.2) is 10.8 Å². The Labute approximate surface area is 271 Å². The first-order valence-electron chi connectivity index (χ1n) is 15.7. The van der Waals surface area contributed by atoms with Crippen LogP contribution in [0, 0.1) is 28.1 Å². The van der Waals surface area contributed by atoms with Crippen LogP contribution in [-0.2, 0) is 10.0 Å². The molecular weight excluding hydrogens is 612 g/mol. The monoisotopic (exact) mass is 656 g/mol. The van der Waals surface area contributed by atoms with E-state index in [1.807, 2.05) is 0 Å². The van der Waals surface area contributed by atoms with Gasteiger partial charge >= 0.3 is 0 Å². The van der Waals surface area contributed by atoms with Gasteiger partial charge in [-0.15, -0.1) is 5.10 Å². The zero-order valence-electron chi connectivity index (χ0n) is 27.1. The minimum atomic E-state index is -4.26. The van der Waals surface area contributed by atoms with Crippen LogP contribution < -0.4 is 14.8 Å². The van der Waals surface area contributed by atoms with Crippen LogP contribution in [0.15, 0.2) is 47.6 Å². The van der Waals surface area contributed by atoms with Gasteiger partial charge in [-0.3, -0.25) is 4.79 Å². The van der Waals surface area contributed by atoms with Gasteiger partial charge in [-0.1, -0.05) is 59.2 Å². The SMILES string of the molecule is CC1(C)CC[C@@H](CCCNc2cccc(S(=O)(=O)NC(=O)c3ccc(-n4ccc(OCCC5C(C)(C)C5(C)C)n4)nc3Cl)n2)C1. The summed E-state index contributed by atoms with van der Waals surface area (Å²) in [6, 6.07) is 9.32. The van der Waals surface area contributed by atoms with E-state index in [4.69, 9.17) is 16.3 Å². The Morgan fingerprint density at radius 3 is 2.47 bits per heavy atom. The maximum atomic E-state index is 13.0. The molecule has 244 valence electrons. The van der Waals surface area contributed by atoms with Gasteiger partial charge in [0.2, 0.25) is 5.88 Å². The highest BCUT2D eigenvalue weighted by Crippen LogP contribution is 2.69. The summed E-state index contributed by atoms with van der Waals surface area (Å²) < 4.78 is 35.5. The summed E-state index contributed by atoms with van der Waals surface area (Å²) in [4.78, 5) is 21.4. The third-order valence-electron chi connectivity index (χ3n) is 10.2. The van der Waals surface area contributed by atoms with E-state index in [2.05, 4.69) is 66.6 Å². The van der Waals surface area contributed by atoms with E-state index >= 15 is 0 Å². The summed E-state index contributed by atoms with van der Waals surface area (Å²) in [6.07, 6.45) is 8.51. The number of carbonyl (C=O) groups excluding carboxylic acids is 1. The minimum absolute atomic E-state index is 0.0911. The summed E-state index contributed by atoms with van der Waals surface area (Å²) in [5, 5.41) is 7.19. The predicted octanol–water partition coefficient (Wildman–Crippen LogP) is 6.90. The number of rotatable bonds is 13. The van der Waals surface area contributed by atoms with Crippen molar-refractivity contribution in [2.24, 2.45) is 28.1 Å². The van der Waals surface area contributed by atoms with E-state index in [1.165, 1.54) is 42.1 Å². The van der Waals surface area contributed by atoms with Crippen molar-refractivity contribution in [2.75, 3.05) is 18.5 Å². The smallest absolute Gasteiger partial charge is 0.281 e. The van der Waals surface area contributed by atoms with Crippen molar-refractivity contribution >= 4 is 33.3 Å². The van der Waals surface area contributed by atoms with E-state index in [0.717, 1.165) is 25.2 Å². The van der Waals surface area contributed by atoms with Gasteiger partial charge in [-0.05, 0) is 90.9 Å². The zero-order valence-corrected chi connectivity index (χ0v) is 28.6. The molecule has 2 N–H and O–H groups in total. The Balaban J connectivity index is 1.14. The maximum absolute atomic E-state index is 13.0. The number of aromatic nitrogens is 4. The summed E-state index contributed by atoms with van der Waals surface area (Å²) in [6.45, 7) is 15.0. The molecule has 10 nitrogen and oxygen atoms in total. The highest BCUT2D eigenvalue weighted by Gasteiger charge is 2.63. The second-order valence-electron chi connectivity index (χ2n) is 14.4. The van der Waals surface area contributed by atoms with Crippen molar-refractivity contribution in [1.82, 2.24) is 24.5 Å². The number of ether oxygens (including phenoxy) is 1. The molecule has 5 rings (SSSR count). The molecule has 3 aromatic rings. The largest absolute Gasteiger partial charge is 0.477 e. The summed E-state index contributed by atoms with van der Waals surface area (Å²) in [7, 11) is -4.26. The first-order valence-corrected chi connectivity index (χ1v) is 17.6. The molecule has 12 heteroatoms. The standard InChI is InChI=1S/C33H45ClN6O4S/c1-31(2)17-14-22(21-31)9-8-18-35-25-10-7-11-28(36-25)45(42,43)39-30(41)23-12-13-26(37-29(23)34)40-19-15-27(38-40)44-20-16-24-32(3,4)33(24,5)6/h7,10-13,15,19,22,24H,8-9,14,16-18,20-21H2,1-6H3,(H,35,36)(H,39,41)/t22-/m1/s1. The molecular formula is C33H45ClN6O4S. The van der Waals surface area contributed by atoms with Crippen LogP contribution in [0.3, 0.4) is 0 Å². The minimum Gasteiger partial charge on any atom is -0.477 e. The van der Waals surface area contributed by atoms with Crippen LogP contribution >= 0.6 is 11.6 Å². The Hall–Kier alpha value is -3.18. The number of hydrogen-bond donors (Lipinski definition) is 2. The Kier molecular flexibility index (Phi) is 9.26. The number of pyridine rings is 2. The molecule has 0 saturated heterocycles. The highest BCUT2D eigenvalue weighted by atomic mass is 35.5. The van der Waals surface area contributed by atoms with Gasteiger partial charge in [0.1, 0.15) is 11.0 Å². The molecule has 2 saturated carbocycles. The Morgan fingerprint density at radius 2 is 1.80 bits per heavy atom. The van der Waals surface area contributed by atoms with Gasteiger partial charge in [-0.2, -0.15) is 8.42 Å². The number of carbonyl (C=O) groups is 1. The van der Waals surface area contributed by atoms with Gasteiger partial charge in [0, 0.05) is 18.8 Å². The predicted molar refractivity (Wildman–Crippen MR) is 175 cm³/mol. The van der Waals surface area contributed by atoms with Crippen molar-refractivity contribution in [3.63, 3.8) is 0 Å². The highest BCUT2D eigenvalue weighted by molar-refractivity contribution is 7.90. The van der Waals surface area contributed by atoms with Gasteiger partial charge in [-0.25, -0.2) is 19.4 Å². The van der Waals surface area contributed by atoms with Gasteiger partial charge < -0.3 is 10.1 Å². The molecule has 0 spiro atoms. The second kappa shape index (κ2) is 12.5. The molecule has 3 heterocycles. The molecule has 0 radical (unpaired) electrons. The summed E-state index contributed by atoms with van der Waals surface area (Å²) in [5.74, 6) is 1.67. The lowest BCUT2D eigenvalue weighted by molar-refractivity contribution is 0.0981. The molecule has 0 aliphatic heterocycles. The van der Waals surface area contributed by atoms with Gasteiger partial charge in [0.25, 0.3) is 15.9 Å². The fourth-order valence-electron chi connectivity index (χ4n) is 6.90. The molecule has 1 amide bonds. The average Bonchev–Trinajstić information content (AvgIpc) is 3.39. The normalized spacial score (nSPS) is 20.1. The van der Waals surface area contributed by atoms with Crippen LogP contribution in [0.1, 0.15) is 90.4 Å². The van der Waals surface area contributed by atoms with Crippen molar-refractivity contribution < 1.29 is 17.9 Å². The molecule has 1 atom stereocenters. The maximum Gasteiger partial charge on any atom is 0.281 e. The molecule has 2 aliphatic rings. The number of nitrogens with one attached hydrogen (secondary N) is 2. The molecule has 0 aromatic carbocycles.